The Labute approximate surface area is 322 Å². The molecule has 262 valence electrons. The molecule has 0 N–H and O–H groups in total. The number of para-hydroxylation sites is 3. The molecule has 0 unspecified atom stereocenters. The van der Waals surface area contributed by atoms with Crippen molar-refractivity contribution in [1.82, 2.24) is 19.5 Å². The van der Waals surface area contributed by atoms with Crippen molar-refractivity contribution in [2.24, 2.45) is 0 Å². The van der Waals surface area contributed by atoms with Crippen LogP contribution in [0.2, 0.25) is 0 Å². The Kier molecular flexibility index (Phi) is 7.42. The van der Waals surface area contributed by atoms with E-state index in [1.54, 1.807) is 0 Å². The summed E-state index contributed by atoms with van der Waals surface area (Å²) in [5, 5.41) is 4.28. The Hall–Kier alpha value is -7.63. The van der Waals surface area contributed by atoms with E-state index in [0.29, 0.717) is 17.5 Å². The van der Waals surface area contributed by atoms with Gasteiger partial charge < -0.3 is 8.98 Å². The van der Waals surface area contributed by atoms with Gasteiger partial charge >= 0.3 is 0 Å². The van der Waals surface area contributed by atoms with E-state index < -0.39 is 0 Å². The van der Waals surface area contributed by atoms with Crippen LogP contribution < -0.4 is 0 Å². The summed E-state index contributed by atoms with van der Waals surface area (Å²) in [7, 11) is 0. The van der Waals surface area contributed by atoms with Gasteiger partial charge in [-0.15, -0.1) is 0 Å². The summed E-state index contributed by atoms with van der Waals surface area (Å²) in [6.45, 7) is 0. The van der Waals surface area contributed by atoms with E-state index in [1.807, 2.05) is 18.2 Å². The molecule has 0 saturated heterocycles. The van der Waals surface area contributed by atoms with E-state index in [9.17, 15) is 0 Å². The van der Waals surface area contributed by atoms with Gasteiger partial charge in [-0.1, -0.05) is 146 Å². The van der Waals surface area contributed by atoms with Crippen LogP contribution in [0.4, 0.5) is 0 Å². The monoisotopic (exact) mass is 716 g/mol. The molecule has 0 radical (unpaired) electrons. The van der Waals surface area contributed by atoms with Crippen LogP contribution in [0.5, 0.6) is 0 Å². The molecule has 3 heterocycles. The molecule has 0 aliphatic carbocycles. The smallest absolute Gasteiger partial charge is 0.167 e. The van der Waals surface area contributed by atoms with Gasteiger partial charge in [0, 0.05) is 33.0 Å². The fourth-order valence-corrected chi connectivity index (χ4v) is 8.03. The molecule has 0 aliphatic rings. The van der Waals surface area contributed by atoms with E-state index >= 15 is 0 Å². The van der Waals surface area contributed by atoms with Crippen LogP contribution >= 0.6 is 0 Å². The highest BCUT2D eigenvalue weighted by molar-refractivity contribution is 6.24. The molecule has 3 aromatic heterocycles. The van der Waals surface area contributed by atoms with Crippen LogP contribution in [0.25, 0.3) is 106 Å². The summed E-state index contributed by atoms with van der Waals surface area (Å²) in [6.07, 6.45) is 0. The molecule has 0 bridgehead atoms. The Morgan fingerprint density at radius 3 is 1.50 bits per heavy atom. The molecular formula is C51H32N4O. The number of hydrogen-bond donors (Lipinski definition) is 0. The predicted octanol–water partition coefficient (Wildman–Crippen LogP) is 13.2. The molecule has 11 aromatic rings. The number of aromatic nitrogens is 4. The summed E-state index contributed by atoms with van der Waals surface area (Å²) in [5.74, 6) is 1.73. The topological polar surface area (TPSA) is 56.7 Å². The third-order valence-electron chi connectivity index (χ3n) is 10.6. The van der Waals surface area contributed by atoms with Crippen LogP contribution in [0.15, 0.2) is 199 Å². The van der Waals surface area contributed by atoms with Gasteiger partial charge in [-0.25, -0.2) is 15.0 Å². The lowest BCUT2D eigenvalue weighted by Gasteiger charge is -2.11. The highest BCUT2D eigenvalue weighted by Crippen LogP contribution is 2.43. The molecule has 0 saturated carbocycles. The summed E-state index contributed by atoms with van der Waals surface area (Å²) >= 11 is 0. The van der Waals surface area contributed by atoms with E-state index in [1.165, 1.54) is 0 Å². The fraction of sp³-hybridized carbons (Fsp3) is 0. The lowest BCUT2D eigenvalue weighted by atomic mass is 10.0. The maximum absolute atomic E-state index is 7.04. The molecule has 0 spiro atoms. The highest BCUT2D eigenvalue weighted by Gasteiger charge is 2.22. The van der Waals surface area contributed by atoms with Crippen molar-refractivity contribution < 1.29 is 4.42 Å². The summed E-state index contributed by atoms with van der Waals surface area (Å²) in [4.78, 5) is 15.6. The largest absolute Gasteiger partial charge is 0.455 e. The van der Waals surface area contributed by atoms with Crippen molar-refractivity contribution in [3.63, 3.8) is 0 Å². The maximum Gasteiger partial charge on any atom is 0.167 e. The molecule has 8 aromatic carbocycles. The van der Waals surface area contributed by atoms with Crippen LogP contribution in [0, 0.1) is 0 Å². The van der Waals surface area contributed by atoms with Crippen LogP contribution in [-0.2, 0) is 0 Å². The van der Waals surface area contributed by atoms with Crippen molar-refractivity contribution in [3.8, 4) is 62.1 Å². The second-order valence-corrected chi connectivity index (χ2v) is 14.0. The standard InChI is InChI=1S/C51H32N4O/c1-4-15-33(16-5-1)35-19-12-21-37(31-35)49-52-50(38-22-13-20-36(32-38)34-17-6-2-7-18-34)54-51(53-49)43-27-14-26-40-41-29-30-45-46(48(41)56-47(40)43)42-25-10-11-28-44(42)55(45)39-23-8-3-9-24-39/h1-32H. The Morgan fingerprint density at radius 2 is 0.839 bits per heavy atom. The third-order valence-corrected chi connectivity index (χ3v) is 10.6. The van der Waals surface area contributed by atoms with Crippen molar-refractivity contribution in [2.45, 2.75) is 0 Å². The Balaban J connectivity index is 1.14. The quantitative estimate of drug-likeness (QED) is 0.172. The van der Waals surface area contributed by atoms with E-state index in [0.717, 1.165) is 88.4 Å². The molecule has 11 rings (SSSR count). The number of benzene rings is 8. The first-order chi connectivity index (χ1) is 27.8. The zero-order valence-electron chi connectivity index (χ0n) is 30.2. The fourth-order valence-electron chi connectivity index (χ4n) is 8.03. The second kappa shape index (κ2) is 13.0. The molecule has 5 nitrogen and oxygen atoms in total. The van der Waals surface area contributed by atoms with Gasteiger partial charge in [0.05, 0.1) is 22.0 Å². The highest BCUT2D eigenvalue weighted by atomic mass is 16.3. The van der Waals surface area contributed by atoms with Crippen molar-refractivity contribution >= 4 is 43.7 Å². The minimum absolute atomic E-state index is 0.549. The van der Waals surface area contributed by atoms with Gasteiger partial charge in [-0.2, -0.15) is 0 Å². The first-order valence-electron chi connectivity index (χ1n) is 18.8. The number of hydrogen-bond acceptors (Lipinski definition) is 4. The molecule has 0 fully saturated rings. The molecule has 5 heteroatoms. The maximum atomic E-state index is 7.04. The number of rotatable bonds is 6. The van der Waals surface area contributed by atoms with Crippen molar-refractivity contribution in [1.29, 1.82) is 0 Å². The van der Waals surface area contributed by atoms with Gasteiger partial charge in [0.25, 0.3) is 0 Å². The molecule has 0 atom stereocenters. The zero-order valence-corrected chi connectivity index (χ0v) is 30.2. The van der Waals surface area contributed by atoms with E-state index in [4.69, 9.17) is 19.4 Å². The average Bonchev–Trinajstić information content (AvgIpc) is 3.83. The lowest BCUT2D eigenvalue weighted by Crippen LogP contribution is -2.00. The zero-order chi connectivity index (χ0) is 37.0. The summed E-state index contributed by atoms with van der Waals surface area (Å²) < 4.78 is 9.36. The second-order valence-electron chi connectivity index (χ2n) is 14.0. The van der Waals surface area contributed by atoms with Crippen LogP contribution in [0.1, 0.15) is 0 Å². The lowest BCUT2D eigenvalue weighted by molar-refractivity contribution is 0.673. The van der Waals surface area contributed by atoms with E-state index in [-0.39, 0.29) is 0 Å². The molecule has 0 amide bonds. The number of furan rings is 1. The SMILES string of the molecule is c1ccc(-c2cccc(-c3nc(-c4cccc(-c5ccccc5)c4)nc(-c4cccc5c4oc4c5ccc5c4c4ccccc4n5-c4ccccc4)n3)c2)cc1. The Bertz CT molecular complexity index is 3140. The van der Waals surface area contributed by atoms with Gasteiger partial charge in [-0.3, -0.25) is 0 Å². The Morgan fingerprint density at radius 1 is 0.339 bits per heavy atom. The minimum atomic E-state index is 0.549. The number of fused-ring (bicyclic) bond motifs is 7. The normalized spacial score (nSPS) is 11.6. The van der Waals surface area contributed by atoms with Crippen LogP contribution in [-0.4, -0.2) is 19.5 Å². The molecular weight excluding hydrogens is 685 g/mol. The van der Waals surface area contributed by atoms with Crippen LogP contribution in [0.3, 0.4) is 0 Å². The molecule has 0 aliphatic heterocycles. The van der Waals surface area contributed by atoms with Gasteiger partial charge in [0.2, 0.25) is 0 Å². The van der Waals surface area contributed by atoms with E-state index in [2.05, 4.69) is 180 Å². The van der Waals surface area contributed by atoms with Gasteiger partial charge in [0.15, 0.2) is 17.5 Å². The summed E-state index contributed by atoms with van der Waals surface area (Å²) in [6, 6.07) is 67.3. The number of nitrogens with zero attached hydrogens (tertiary/aromatic N) is 4. The first kappa shape index (κ1) is 31.9. The summed E-state index contributed by atoms with van der Waals surface area (Å²) in [5.41, 5.74) is 12.0. The minimum Gasteiger partial charge on any atom is -0.455 e. The molecule has 56 heavy (non-hydrogen) atoms. The van der Waals surface area contributed by atoms with Crippen molar-refractivity contribution in [2.75, 3.05) is 0 Å². The average molecular weight is 717 g/mol. The van der Waals surface area contributed by atoms with Gasteiger partial charge in [-0.05, 0) is 70.8 Å². The van der Waals surface area contributed by atoms with Gasteiger partial charge in [0.1, 0.15) is 11.2 Å². The predicted molar refractivity (Wildman–Crippen MR) is 229 cm³/mol. The first-order valence-corrected chi connectivity index (χ1v) is 18.8. The van der Waals surface area contributed by atoms with Crippen molar-refractivity contribution in [3.05, 3.63) is 194 Å². The third kappa shape index (κ3) is 5.29.